The van der Waals surface area contributed by atoms with E-state index in [9.17, 15) is 22.4 Å². The maximum Gasteiger partial charge on any atom is 0.417 e. The summed E-state index contributed by atoms with van der Waals surface area (Å²) in [4.78, 5) is 15.3. The van der Waals surface area contributed by atoms with Gasteiger partial charge in [-0.25, -0.2) is 9.37 Å². The summed E-state index contributed by atoms with van der Waals surface area (Å²) in [6.07, 6.45) is -1.13. The Morgan fingerprint density at radius 1 is 1.12 bits per heavy atom. The maximum absolute atomic E-state index is 13.4. The number of alkyl halides is 3. The molecule has 0 fully saturated rings. The molecule has 0 unspecified atom stereocenters. The molecule has 4 nitrogen and oxygen atoms in total. The first kappa shape index (κ1) is 18.4. The van der Waals surface area contributed by atoms with Crippen molar-refractivity contribution in [1.82, 2.24) is 10.3 Å². The number of nitrogens with one attached hydrogen (secondary N) is 2. The topological polar surface area (TPSA) is 54.0 Å². The first-order valence-corrected chi connectivity index (χ1v) is 7.34. The predicted octanol–water partition coefficient (Wildman–Crippen LogP) is 3.48. The third-order valence-electron chi connectivity index (χ3n) is 3.14. The third-order valence-corrected chi connectivity index (χ3v) is 3.14. The zero-order chi connectivity index (χ0) is 18.3. The Bertz CT molecular complexity index is 742. The molecule has 0 aliphatic heterocycles. The number of hydrogen-bond acceptors (Lipinski definition) is 3. The van der Waals surface area contributed by atoms with Gasteiger partial charge in [0.25, 0.3) is 0 Å². The minimum atomic E-state index is -4.43. The fraction of sp³-hybridized carbons (Fsp3) is 0.176. The Labute approximate surface area is 141 Å². The highest BCUT2D eigenvalue weighted by Crippen LogP contribution is 2.28. The van der Waals surface area contributed by atoms with Gasteiger partial charge < -0.3 is 10.6 Å². The van der Waals surface area contributed by atoms with E-state index >= 15 is 0 Å². The number of amides is 1. The standard InChI is InChI=1S/C17H15F4N3O/c18-14-4-2-1-3-12(14)5-8-16(25)23-10-9-22-15-7-6-13(11-24-15)17(19,20)21/h1-8,11H,9-10H2,(H,22,24)(H,23,25)/b8-5+. The van der Waals surface area contributed by atoms with Crippen LogP contribution in [0.1, 0.15) is 11.1 Å². The van der Waals surface area contributed by atoms with Gasteiger partial charge in [-0.1, -0.05) is 18.2 Å². The second kappa shape index (κ2) is 8.27. The SMILES string of the molecule is O=C(/C=C/c1ccccc1F)NCCNc1ccc(C(F)(F)F)cn1. The first-order valence-electron chi connectivity index (χ1n) is 7.34. The Morgan fingerprint density at radius 2 is 1.88 bits per heavy atom. The molecule has 1 amide bonds. The second-order valence-corrected chi connectivity index (χ2v) is 5.00. The van der Waals surface area contributed by atoms with E-state index in [-0.39, 0.29) is 18.9 Å². The van der Waals surface area contributed by atoms with Crippen molar-refractivity contribution in [3.63, 3.8) is 0 Å². The Balaban J connectivity index is 1.74. The zero-order valence-corrected chi connectivity index (χ0v) is 13.0. The van der Waals surface area contributed by atoms with Gasteiger partial charge in [0, 0.05) is 30.9 Å². The number of anilines is 1. The number of benzene rings is 1. The van der Waals surface area contributed by atoms with Crippen molar-refractivity contribution in [3.05, 3.63) is 65.6 Å². The average Bonchev–Trinajstić information content (AvgIpc) is 2.57. The monoisotopic (exact) mass is 353 g/mol. The van der Waals surface area contributed by atoms with Gasteiger partial charge in [-0.15, -0.1) is 0 Å². The molecule has 0 bridgehead atoms. The molecule has 1 heterocycles. The van der Waals surface area contributed by atoms with Crippen LogP contribution in [0, 0.1) is 5.82 Å². The van der Waals surface area contributed by atoms with Gasteiger partial charge in [-0.2, -0.15) is 13.2 Å². The lowest BCUT2D eigenvalue weighted by Gasteiger charge is -2.08. The highest BCUT2D eigenvalue weighted by atomic mass is 19.4. The quantitative estimate of drug-likeness (QED) is 0.475. The molecular weight excluding hydrogens is 338 g/mol. The molecular formula is C17H15F4N3O. The maximum atomic E-state index is 13.4. The van der Waals surface area contributed by atoms with Crippen LogP contribution >= 0.6 is 0 Å². The number of pyridine rings is 1. The van der Waals surface area contributed by atoms with Crippen molar-refractivity contribution in [1.29, 1.82) is 0 Å². The van der Waals surface area contributed by atoms with Crippen LogP contribution in [0.15, 0.2) is 48.7 Å². The number of carbonyl (C=O) groups is 1. The van der Waals surface area contributed by atoms with E-state index in [1.807, 2.05) is 0 Å². The van der Waals surface area contributed by atoms with Crippen molar-refractivity contribution in [2.24, 2.45) is 0 Å². The van der Waals surface area contributed by atoms with Crippen LogP contribution in [0.4, 0.5) is 23.4 Å². The number of aromatic nitrogens is 1. The summed E-state index contributed by atoms with van der Waals surface area (Å²) in [7, 11) is 0. The highest BCUT2D eigenvalue weighted by Gasteiger charge is 2.30. The van der Waals surface area contributed by atoms with Gasteiger partial charge in [0.1, 0.15) is 11.6 Å². The van der Waals surface area contributed by atoms with Gasteiger partial charge in [-0.3, -0.25) is 4.79 Å². The van der Waals surface area contributed by atoms with Gasteiger partial charge in [0.2, 0.25) is 5.91 Å². The Morgan fingerprint density at radius 3 is 2.52 bits per heavy atom. The average molecular weight is 353 g/mol. The Hall–Kier alpha value is -2.90. The number of nitrogens with zero attached hydrogens (tertiary/aromatic N) is 1. The highest BCUT2D eigenvalue weighted by molar-refractivity contribution is 5.91. The molecule has 0 radical (unpaired) electrons. The summed E-state index contributed by atoms with van der Waals surface area (Å²) in [5.74, 6) is -0.573. The van der Waals surface area contributed by atoms with Crippen molar-refractivity contribution in [2.45, 2.75) is 6.18 Å². The first-order chi connectivity index (χ1) is 11.9. The van der Waals surface area contributed by atoms with E-state index in [2.05, 4.69) is 15.6 Å². The summed E-state index contributed by atoms with van der Waals surface area (Å²) in [6, 6.07) is 8.17. The smallest absolute Gasteiger partial charge is 0.368 e. The van der Waals surface area contributed by atoms with E-state index in [0.717, 1.165) is 12.3 Å². The van der Waals surface area contributed by atoms with Crippen molar-refractivity contribution < 1.29 is 22.4 Å². The van der Waals surface area contributed by atoms with Crippen LogP contribution < -0.4 is 10.6 Å². The number of rotatable bonds is 6. The minimum absolute atomic E-state index is 0.225. The molecule has 2 aromatic rings. The largest absolute Gasteiger partial charge is 0.417 e. The number of hydrogen-bond donors (Lipinski definition) is 2. The van der Waals surface area contributed by atoms with Gasteiger partial charge in [0.15, 0.2) is 0 Å². The molecule has 132 valence electrons. The van der Waals surface area contributed by atoms with E-state index < -0.39 is 23.5 Å². The molecule has 8 heteroatoms. The second-order valence-electron chi connectivity index (χ2n) is 5.00. The molecule has 25 heavy (non-hydrogen) atoms. The zero-order valence-electron chi connectivity index (χ0n) is 13.0. The van der Waals surface area contributed by atoms with Gasteiger partial charge in [-0.05, 0) is 24.3 Å². The van der Waals surface area contributed by atoms with Crippen LogP contribution in [0.2, 0.25) is 0 Å². The van der Waals surface area contributed by atoms with Crippen molar-refractivity contribution in [2.75, 3.05) is 18.4 Å². The fourth-order valence-corrected chi connectivity index (χ4v) is 1.88. The molecule has 1 aromatic heterocycles. The van der Waals surface area contributed by atoms with Crippen LogP contribution in [0.25, 0.3) is 6.08 Å². The van der Waals surface area contributed by atoms with E-state index in [1.165, 1.54) is 30.4 Å². The molecule has 1 aromatic carbocycles. The fourth-order valence-electron chi connectivity index (χ4n) is 1.88. The number of carbonyl (C=O) groups excluding carboxylic acids is 1. The molecule has 2 N–H and O–H groups in total. The lowest BCUT2D eigenvalue weighted by molar-refractivity contribution is -0.137. The van der Waals surface area contributed by atoms with Crippen LogP contribution in [-0.2, 0) is 11.0 Å². The normalized spacial score (nSPS) is 11.5. The summed E-state index contributed by atoms with van der Waals surface area (Å²) < 4.78 is 50.6. The van der Waals surface area contributed by atoms with Crippen molar-refractivity contribution >= 4 is 17.8 Å². The molecule has 0 atom stereocenters. The van der Waals surface area contributed by atoms with Crippen LogP contribution in [0.5, 0.6) is 0 Å². The van der Waals surface area contributed by atoms with E-state index in [1.54, 1.807) is 12.1 Å². The number of halogens is 4. The molecule has 2 rings (SSSR count). The molecule has 0 saturated carbocycles. The summed E-state index contributed by atoms with van der Waals surface area (Å²) in [5.41, 5.74) is -0.533. The molecule has 0 aliphatic carbocycles. The minimum Gasteiger partial charge on any atom is -0.368 e. The van der Waals surface area contributed by atoms with Crippen LogP contribution in [0.3, 0.4) is 0 Å². The summed E-state index contributed by atoms with van der Waals surface area (Å²) in [6.45, 7) is 0.501. The van der Waals surface area contributed by atoms with Gasteiger partial charge >= 0.3 is 6.18 Å². The summed E-state index contributed by atoms with van der Waals surface area (Å²) in [5, 5.41) is 5.34. The van der Waals surface area contributed by atoms with E-state index in [4.69, 9.17) is 0 Å². The molecule has 0 aliphatic rings. The summed E-state index contributed by atoms with van der Waals surface area (Å²) >= 11 is 0. The van der Waals surface area contributed by atoms with Gasteiger partial charge in [0.05, 0.1) is 5.56 Å². The third kappa shape index (κ3) is 5.91. The van der Waals surface area contributed by atoms with Crippen LogP contribution in [-0.4, -0.2) is 24.0 Å². The predicted molar refractivity (Wildman–Crippen MR) is 86.2 cm³/mol. The lowest BCUT2D eigenvalue weighted by Crippen LogP contribution is -2.27. The molecule has 0 saturated heterocycles. The van der Waals surface area contributed by atoms with Crippen molar-refractivity contribution in [3.8, 4) is 0 Å². The van der Waals surface area contributed by atoms with E-state index in [0.29, 0.717) is 5.56 Å². The Kier molecular flexibility index (Phi) is 6.10. The lowest BCUT2D eigenvalue weighted by atomic mass is 10.2. The molecule has 0 spiro atoms.